The second-order valence-corrected chi connectivity index (χ2v) is 5.55. The van der Waals surface area contributed by atoms with Crippen LogP contribution in [0, 0.1) is 17.0 Å². The lowest BCUT2D eigenvalue weighted by Gasteiger charge is -2.09. The number of carbonyl (C=O) groups is 1. The Morgan fingerprint density at radius 1 is 1.33 bits per heavy atom. The highest BCUT2D eigenvalue weighted by molar-refractivity contribution is 9.10. The Morgan fingerprint density at radius 2 is 2.05 bits per heavy atom. The van der Waals surface area contributed by atoms with Crippen molar-refractivity contribution in [2.24, 2.45) is 0 Å². The van der Waals surface area contributed by atoms with Crippen molar-refractivity contribution >= 4 is 44.8 Å². The van der Waals surface area contributed by atoms with Gasteiger partial charge < -0.3 is 5.32 Å². The van der Waals surface area contributed by atoms with Crippen LogP contribution in [0.15, 0.2) is 40.9 Å². The second-order valence-electron chi connectivity index (χ2n) is 4.29. The molecule has 108 valence electrons. The molecular formula is C14H10BrClN2O3. The van der Waals surface area contributed by atoms with E-state index in [1.54, 1.807) is 25.1 Å². The summed E-state index contributed by atoms with van der Waals surface area (Å²) in [5.41, 5.74) is 1.13. The van der Waals surface area contributed by atoms with Crippen molar-refractivity contribution in [3.63, 3.8) is 0 Å². The van der Waals surface area contributed by atoms with E-state index in [4.69, 9.17) is 11.6 Å². The van der Waals surface area contributed by atoms with Gasteiger partial charge in [0.1, 0.15) is 0 Å². The Labute approximate surface area is 134 Å². The Hall–Kier alpha value is -1.92. The lowest BCUT2D eigenvalue weighted by molar-refractivity contribution is -0.385. The van der Waals surface area contributed by atoms with Gasteiger partial charge in [0.2, 0.25) is 0 Å². The minimum atomic E-state index is -0.485. The zero-order valence-corrected chi connectivity index (χ0v) is 13.2. The third-order valence-electron chi connectivity index (χ3n) is 2.93. The number of carbonyl (C=O) groups excluding carboxylic acids is 1. The van der Waals surface area contributed by atoms with Gasteiger partial charge >= 0.3 is 0 Å². The molecule has 0 unspecified atom stereocenters. The van der Waals surface area contributed by atoms with E-state index >= 15 is 0 Å². The molecule has 1 amide bonds. The molecule has 0 heterocycles. The lowest BCUT2D eigenvalue weighted by Crippen LogP contribution is -2.13. The molecule has 1 N–H and O–H groups in total. The highest BCUT2D eigenvalue weighted by Crippen LogP contribution is 2.27. The van der Waals surface area contributed by atoms with Gasteiger partial charge in [0.15, 0.2) is 0 Å². The van der Waals surface area contributed by atoms with E-state index in [0.29, 0.717) is 26.3 Å². The van der Waals surface area contributed by atoms with Crippen molar-refractivity contribution in [1.29, 1.82) is 0 Å². The molecular weight excluding hydrogens is 360 g/mol. The SMILES string of the molecule is Cc1c(NC(=O)c2ccc(Br)c(Cl)c2)cccc1[N+](=O)[O-]. The van der Waals surface area contributed by atoms with Crippen LogP contribution in [0.3, 0.4) is 0 Å². The number of nitro benzene ring substituents is 1. The first-order valence-corrected chi connectivity index (χ1v) is 7.07. The van der Waals surface area contributed by atoms with Crippen molar-refractivity contribution in [3.8, 4) is 0 Å². The molecule has 0 spiro atoms. The topological polar surface area (TPSA) is 72.2 Å². The highest BCUT2D eigenvalue weighted by atomic mass is 79.9. The Kier molecular flexibility index (Phi) is 4.59. The van der Waals surface area contributed by atoms with Gasteiger partial charge in [-0.25, -0.2) is 0 Å². The van der Waals surface area contributed by atoms with Crippen molar-refractivity contribution in [2.45, 2.75) is 6.92 Å². The molecule has 0 atom stereocenters. The number of nitrogens with one attached hydrogen (secondary N) is 1. The molecule has 0 aliphatic carbocycles. The zero-order valence-electron chi connectivity index (χ0n) is 10.9. The Bertz CT molecular complexity index is 734. The van der Waals surface area contributed by atoms with Gasteiger partial charge in [0.05, 0.1) is 21.2 Å². The molecule has 0 fully saturated rings. The average Bonchev–Trinajstić information content (AvgIpc) is 2.43. The van der Waals surface area contributed by atoms with E-state index in [0.717, 1.165) is 0 Å². The number of anilines is 1. The van der Waals surface area contributed by atoms with Gasteiger partial charge in [-0.1, -0.05) is 17.7 Å². The number of benzene rings is 2. The van der Waals surface area contributed by atoms with Crippen molar-refractivity contribution in [1.82, 2.24) is 0 Å². The average molecular weight is 370 g/mol. The molecule has 0 saturated carbocycles. The Morgan fingerprint density at radius 3 is 2.67 bits per heavy atom. The van der Waals surface area contributed by atoms with Crippen LogP contribution >= 0.6 is 27.5 Å². The fraction of sp³-hybridized carbons (Fsp3) is 0.0714. The van der Waals surface area contributed by atoms with Gasteiger partial charge in [-0.05, 0) is 47.1 Å². The van der Waals surface area contributed by atoms with Gasteiger partial charge in [-0.2, -0.15) is 0 Å². The van der Waals surface area contributed by atoms with E-state index in [1.165, 1.54) is 18.2 Å². The summed E-state index contributed by atoms with van der Waals surface area (Å²) in [6.07, 6.45) is 0. The van der Waals surface area contributed by atoms with E-state index in [-0.39, 0.29) is 11.6 Å². The first-order chi connectivity index (χ1) is 9.90. The molecule has 0 bridgehead atoms. The maximum Gasteiger partial charge on any atom is 0.274 e. The monoisotopic (exact) mass is 368 g/mol. The van der Waals surface area contributed by atoms with Crippen LogP contribution in [0.25, 0.3) is 0 Å². The molecule has 0 saturated heterocycles. The van der Waals surface area contributed by atoms with Gasteiger partial charge in [-0.15, -0.1) is 0 Å². The van der Waals surface area contributed by atoms with Gasteiger partial charge in [-0.3, -0.25) is 14.9 Å². The van der Waals surface area contributed by atoms with Crippen LogP contribution < -0.4 is 5.32 Å². The summed E-state index contributed by atoms with van der Waals surface area (Å²) in [4.78, 5) is 22.6. The molecule has 2 rings (SSSR count). The van der Waals surface area contributed by atoms with E-state index < -0.39 is 4.92 Å². The second kappa shape index (κ2) is 6.24. The first kappa shape index (κ1) is 15.5. The van der Waals surface area contributed by atoms with Crippen LogP contribution in [0.5, 0.6) is 0 Å². The molecule has 21 heavy (non-hydrogen) atoms. The summed E-state index contributed by atoms with van der Waals surface area (Å²) < 4.78 is 0.687. The van der Waals surface area contributed by atoms with E-state index in [1.807, 2.05) is 0 Å². The van der Waals surface area contributed by atoms with Gasteiger partial charge in [0, 0.05) is 16.1 Å². The number of rotatable bonds is 3. The highest BCUT2D eigenvalue weighted by Gasteiger charge is 2.15. The van der Waals surface area contributed by atoms with E-state index in [9.17, 15) is 14.9 Å². The number of halogens is 2. The number of nitro groups is 1. The van der Waals surface area contributed by atoms with Crippen LogP contribution in [-0.2, 0) is 0 Å². The quantitative estimate of drug-likeness (QED) is 0.636. The largest absolute Gasteiger partial charge is 0.321 e. The van der Waals surface area contributed by atoms with E-state index in [2.05, 4.69) is 21.2 Å². The summed E-state index contributed by atoms with van der Waals surface area (Å²) >= 11 is 9.19. The zero-order chi connectivity index (χ0) is 15.6. The first-order valence-electron chi connectivity index (χ1n) is 5.90. The minimum absolute atomic E-state index is 0.0401. The summed E-state index contributed by atoms with van der Waals surface area (Å²) in [5, 5.41) is 13.9. The smallest absolute Gasteiger partial charge is 0.274 e. The summed E-state index contributed by atoms with van der Waals surface area (Å²) in [5.74, 6) is -0.381. The predicted molar refractivity (Wildman–Crippen MR) is 84.9 cm³/mol. The van der Waals surface area contributed by atoms with Crippen molar-refractivity contribution < 1.29 is 9.72 Å². The third-order valence-corrected chi connectivity index (χ3v) is 4.16. The molecule has 0 aromatic heterocycles. The molecule has 0 radical (unpaired) electrons. The normalized spacial score (nSPS) is 10.2. The third kappa shape index (κ3) is 3.40. The van der Waals surface area contributed by atoms with Crippen LogP contribution in [0.1, 0.15) is 15.9 Å². The maximum atomic E-state index is 12.2. The Balaban J connectivity index is 2.29. The van der Waals surface area contributed by atoms with Crippen LogP contribution in [0.4, 0.5) is 11.4 Å². The molecule has 2 aromatic rings. The predicted octanol–water partition coefficient (Wildman–Crippen LogP) is 4.57. The maximum absolute atomic E-state index is 12.2. The minimum Gasteiger partial charge on any atom is -0.321 e. The summed E-state index contributed by atoms with van der Waals surface area (Å²) in [7, 11) is 0. The fourth-order valence-electron chi connectivity index (χ4n) is 1.79. The molecule has 7 heteroatoms. The van der Waals surface area contributed by atoms with Crippen LogP contribution in [0.2, 0.25) is 5.02 Å². The van der Waals surface area contributed by atoms with Gasteiger partial charge in [0.25, 0.3) is 11.6 Å². The number of amides is 1. The number of hydrogen-bond acceptors (Lipinski definition) is 3. The number of hydrogen-bond donors (Lipinski definition) is 1. The van der Waals surface area contributed by atoms with Crippen LogP contribution in [-0.4, -0.2) is 10.8 Å². The number of nitrogens with zero attached hydrogens (tertiary/aromatic N) is 1. The lowest BCUT2D eigenvalue weighted by atomic mass is 10.1. The molecule has 2 aromatic carbocycles. The molecule has 0 aliphatic heterocycles. The summed E-state index contributed by atoms with van der Waals surface area (Å²) in [6, 6.07) is 9.32. The fourth-order valence-corrected chi connectivity index (χ4v) is 2.22. The standard InChI is InChI=1S/C14H10BrClN2O3/c1-8-12(3-2-4-13(8)18(20)21)17-14(19)9-5-6-10(15)11(16)7-9/h2-7H,1H3,(H,17,19). The molecule has 0 aliphatic rings. The summed E-state index contributed by atoms with van der Waals surface area (Å²) in [6.45, 7) is 1.59. The van der Waals surface area contributed by atoms with Crippen molar-refractivity contribution in [2.75, 3.05) is 5.32 Å². The molecule has 5 nitrogen and oxygen atoms in total. The van der Waals surface area contributed by atoms with Crippen molar-refractivity contribution in [3.05, 3.63) is 67.1 Å².